The smallest absolute Gasteiger partial charge is 0.123 e. The number of halogens is 1. The van der Waals surface area contributed by atoms with Crippen LogP contribution in [0.5, 0.6) is 0 Å². The molecule has 14 heavy (non-hydrogen) atoms. The van der Waals surface area contributed by atoms with Crippen molar-refractivity contribution in [3.63, 3.8) is 0 Å². The van der Waals surface area contributed by atoms with Gasteiger partial charge >= 0.3 is 0 Å². The molecule has 1 aromatic carbocycles. The van der Waals surface area contributed by atoms with Crippen molar-refractivity contribution in [2.45, 2.75) is 12.5 Å². The Morgan fingerprint density at radius 3 is 3.14 bits per heavy atom. The standard InChI is InChI=1S/C11H14FNO/c1-13-11-7-14-5-4-8-2-3-9(12)6-10(8)11/h2-3,6,11,13H,4-5,7H2,1H3. The number of rotatable bonds is 1. The van der Waals surface area contributed by atoms with Gasteiger partial charge in [-0.3, -0.25) is 0 Å². The van der Waals surface area contributed by atoms with E-state index in [0.717, 1.165) is 18.6 Å². The quantitative estimate of drug-likeness (QED) is 0.735. The summed E-state index contributed by atoms with van der Waals surface area (Å²) < 4.78 is 18.5. The second-order valence-corrected chi connectivity index (χ2v) is 3.51. The van der Waals surface area contributed by atoms with Crippen LogP contribution in [0.2, 0.25) is 0 Å². The Hall–Kier alpha value is -0.930. The Morgan fingerprint density at radius 2 is 2.36 bits per heavy atom. The molecule has 1 N–H and O–H groups in total. The van der Waals surface area contributed by atoms with E-state index >= 15 is 0 Å². The lowest BCUT2D eigenvalue weighted by Gasteiger charge is -2.15. The van der Waals surface area contributed by atoms with Gasteiger partial charge in [-0.2, -0.15) is 0 Å². The number of nitrogens with one attached hydrogen (secondary N) is 1. The fourth-order valence-corrected chi connectivity index (χ4v) is 1.83. The number of likely N-dealkylation sites (N-methyl/N-ethyl adjacent to an activating group) is 1. The van der Waals surface area contributed by atoms with Crippen molar-refractivity contribution in [1.82, 2.24) is 5.32 Å². The third-order valence-corrected chi connectivity index (χ3v) is 2.63. The summed E-state index contributed by atoms with van der Waals surface area (Å²) in [6, 6.07) is 5.08. The molecule has 0 aliphatic carbocycles. The Kier molecular flexibility index (Phi) is 2.79. The molecule has 1 aliphatic heterocycles. The molecule has 0 saturated carbocycles. The van der Waals surface area contributed by atoms with Crippen LogP contribution in [0, 0.1) is 5.82 Å². The molecule has 2 nitrogen and oxygen atoms in total. The van der Waals surface area contributed by atoms with Crippen molar-refractivity contribution in [2.24, 2.45) is 0 Å². The largest absolute Gasteiger partial charge is 0.379 e. The van der Waals surface area contributed by atoms with E-state index in [9.17, 15) is 4.39 Å². The molecule has 1 atom stereocenters. The summed E-state index contributed by atoms with van der Waals surface area (Å²) in [6.45, 7) is 1.34. The Morgan fingerprint density at radius 1 is 1.50 bits per heavy atom. The number of hydrogen-bond donors (Lipinski definition) is 1. The van der Waals surface area contributed by atoms with Crippen LogP contribution in [0.15, 0.2) is 18.2 Å². The summed E-state index contributed by atoms with van der Waals surface area (Å²) >= 11 is 0. The summed E-state index contributed by atoms with van der Waals surface area (Å²) in [5.41, 5.74) is 2.22. The molecule has 0 aromatic heterocycles. The Bertz CT molecular complexity index is 327. The van der Waals surface area contributed by atoms with Crippen LogP contribution in [-0.2, 0) is 11.2 Å². The molecule has 1 heterocycles. The van der Waals surface area contributed by atoms with Crippen LogP contribution in [0.3, 0.4) is 0 Å². The lowest BCUT2D eigenvalue weighted by atomic mass is 9.99. The predicted molar refractivity (Wildman–Crippen MR) is 52.7 cm³/mol. The molecule has 0 fully saturated rings. The van der Waals surface area contributed by atoms with Crippen molar-refractivity contribution in [3.8, 4) is 0 Å². The maximum absolute atomic E-state index is 13.1. The minimum absolute atomic E-state index is 0.114. The number of hydrogen-bond acceptors (Lipinski definition) is 2. The van der Waals surface area contributed by atoms with Crippen molar-refractivity contribution >= 4 is 0 Å². The van der Waals surface area contributed by atoms with Crippen LogP contribution in [0.4, 0.5) is 4.39 Å². The molecule has 0 spiro atoms. The molecule has 0 radical (unpaired) electrons. The van der Waals surface area contributed by atoms with Gasteiger partial charge in [0, 0.05) is 0 Å². The summed E-state index contributed by atoms with van der Waals surface area (Å²) in [5.74, 6) is -0.175. The van der Waals surface area contributed by atoms with E-state index in [0.29, 0.717) is 6.61 Å². The fourth-order valence-electron chi connectivity index (χ4n) is 1.83. The average Bonchev–Trinajstić information content (AvgIpc) is 2.39. The molecule has 1 unspecified atom stereocenters. The molecule has 0 amide bonds. The second kappa shape index (κ2) is 4.07. The lowest BCUT2D eigenvalue weighted by Crippen LogP contribution is -2.21. The lowest BCUT2D eigenvalue weighted by molar-refractivity contribution is 0.123. The third-order valence-electron chi connectivity index (χ3n) is 2.63. The fraction of sp³-hybridized carbons (Fsp3) is 0.455. The van der Waals surface area contributed by atoms with E-state index < -0.39 is 0 Å². The zero-order valence-electron chi connectivity index (χ0n) is 8.22. The highest BCUT2D eigenvalue weighted by Gasteiger charge is 2.17. The molecule has 0 bridgehead atoms. The Labute approximate surface area is 83.1 Å². The molecule has 1 aromatic rings. The maximum Gasteiger partial charge on any atom is 0.123 e. The van der Waals surface area contributed by atoms with Gasteiger partial charge < -0.3 is 10.1 Å². The van der Waals surface area contributed by atoms with E-state index in [4.69, 9.17) is 4.74 Å². The summed E-state index contributed by atoms with van der Waals surface area (Å²) in [4.78, 5) is 0. The first-order chi connectivity index (χ1) is 6.81. The molecule has 2 rings (SSSR count). The first-order valence-electron chi connectivity index (χ1n) is 4.84. The first kappa shape index (κ1) is 9.62. The van der Waals surface area contributed by atoms with Gasteiger partial charge in [0.2, 0.25) is 0 Å². The third kappa shape index (κ3) is 1.79. The molecule has 0 saturated heterocycles. The van der Waals surface area contributed by atoms with Gasteiger partial charge in [-0.1, -0.05) is 6.07 Å². The van der Waals surface area contributed by atoms with Crippen LogP contribution in [-0.4, -0.2) is 20.3 Å². The molecule has 3 heteroatoms. The highest BCUT2D eigenvalue weighted by atomic mass is 19.1. The van der Waals surface area contributed by atoms with Gasteiger partial charge in [-0.15, -0.1) is 0 Å². The SMILES string of the molecule is CNC1COCCc2ccc(F)cc21. The summed E-state index contributed by atoms with van der Waals surface area (Å²) in [6.07, 6.45) is 0.869. The van der Waals surface area contributed by atoms with Crippen molar-refractivity contribution in [1.29, 1.82) is 0 Å². The van der Waals surface area contributed by atoms with Gasteiger partial charge in [0.25, 0.3) is 0 Å². The zero-order valence-corrected chi connectivity index (χ0v) is 8.22. The van der Waals surface area contributed by atoms with E-state index in [1.165, 1.54) is 11.6 Å². The van der Waals surface area contributed by atoms with Crippen molar-refractivity contribution in [2.75, 3.05) is 20.3 Å². The van der Waals surface area contributed by atoms with Crippen molar-refractivity contribution < 1.29 is 9.13 Å². The number of ether oxygens (including phenoxy) is 1. The highest BCUT2D eigenvalue weighted by molar-refractivity contribution is 5.31. The van der Waals surface area contributed by atoms with Gasteiger partial charge in [0.05, 0.1) is 19.3 Å². The first-order valence-corrected chi connectivity index (χ1v) is 4.84. The van der Waals surface area contributed by atoms with Gasteiger partial charge in [-0.05, 0) is 36.7 Å². The second-order valence-electron chi connectivity index (χ2n) is 3.51. The monoisotopic (exact) mass is 195 g/mol. The molecule has 1 aliphatic rings. The zero-order chi connectivity index (χ0) is 9.97. The minimum atomic E-state index is -0.175. The number of benzene rings is 1. The van der Waals surface area contributed by atoms with Gasteiger partial charge in [-0.25, -0.2) is 4.39 Å². The summed E-state index contributed by atoms with van der Waals surface area (Å²) in [7, 11) is 1.87. The predicted octanol–water partition coefficient (Wildman–Crippen LogP) is 1.66. The molecular formula is C11H14FNO. The van der Waals surface area contributed by atoms with Crippen LogP contribution >= 0.6 is 0 Å². The van der Waals surface area contributed by atoms with Crippen molar-refractivity contribution in [3.05, 3.63) is 35.1 Å². The van der Waals surface area contributed by atoms with Crippen LogP contribution in [0.25, 0.3) is 0 Å². The number of fused-ring (bicyclic) bond motifs is 1. The average molecular weight is 195 g/mol. The molecular weight excluding hydrogens is 181 g/mol. The minimum Gasteiger partial charge on any atom is -0.379 e. The van der Waals surface area contributed by atoms with E-state index in [-0.39, 0.29) is 11.9 Å². The Balaban J connectivity index is 2.40. The van der Waals surface area contributed by atoms with Crippen LogP contribution < -0.4 is 5.32 Å². The highest BCUT2D eigenvalue weighted by Crippen LogP contribution is 2.22. The van der Waals surface area contributed by atoms with E-state index in [1.807, 2.05) is 13.1 Å². The van der Waals surface area contributed by atoms with Gasteiger partial charge in [0.15, 0.2) is 0 Å². The van der Waals surface area contributed by atoms with E-state index in [1.54, 1.807) is 6.07 Å². The van der Waals surface area contributed by atoms with E-state index in [2.05, 4.69) is 5.32 Å². The van der Waals surface area contributed by atoms with Gasteiger partial charge in [0.1, 0.15) is 5.82 Å². The maximum atomic E-state index is 13.1. The molecule has 76 valence electrons. The topological polar surface area (TPSA) is 21.3 Å². The van der Waals surface area contributed by atoms with Crippen LogP contribution in [0.1, 0.15) is 17.2 Å². The summed E-state index contributed by atoms with van der Waals surface area (Å²) in [5, 5.41) is 3.14. The normalized spacial score (nSPS) is 21.4.